The molecular weight excluding hydrogens is 312 g/mol. The fraction of sp³-hybridized carbons (Fsp3) is 0.200. The predicted molar refractivity (Wildman–Crippen MR) is 62.7 cm³/mol. The molecule has 74 valence electrons. The summed E-state index contributed by atoms with van der Waals surface area (Å²) in [6, 6.07) is 6.74. The first kappa shape index (κ1) is 11.6. The van der Waals surface area contributed by atoms with E-state index in [2.05, 4.69) is 31.9 Å². The van der Waals surface area contributed by atoms with Crippen LogP contribution in [0.1, 0.15) is 20.7 Å². The molecule has 0 aliphatic carbocycles. The van der Waals surface area contributed by atoms with Crippen molar-refractivity contribution in [2.75, 3.05) is 10.7 Å². The van der Waals surface area contributed by atoms with Crippen LogP contribution in [0.4, 0.5) is 0 Å². The van der Waals surface area contributed by atoms with Gasteiger partial charge in [0.05, 0.1) is 10.7 Å². The smallest absolute Gasteiger partial charge is 0.173 e. The summed E-state index contributed by atoms with van der Waals surface area (Å²) in [6.45, 7) is 0. The van der Waals surface area contributed by atoms with Crippen molar-refractivity contribution >= 4 is 43.4 Å². The lowest BCUT2D eigenvalue weighted by molar-refractivity contribution is 0.102. The molecular formula is C10H8Br2O2. The molecule has 0 heterocycles. The second-order valence-electron chi connectivity index (χ2n) is 2.69. The monoisotopic (exact) mass is 318 g/mol. The fourth-order valence-corrected chi connectivity index (χ4v) is 1.67. The third-order valence-corrected chi connectivity index (χ3v) is 2.77. The molecule has 4 heteroatoms. The topological polar surface area (TPSA) is 34.1 Å². The maximum Gasteiger partial charge on any atom is 0.173 e. The molecule has 0 amide bonds. The van der Waals surface area contributed by atoms with Crippen LogP contribution in [-0.2, 0) is 0 Å². The fourth-order valence-electron chi connectivity index (χ4n) is 1.02. The molecule has 0 N–H and O–H groups in total. The molecule has 2 nitrogen and oxygen atoms in total. The van der Waals surface area contributed by atoms with Crippen LogP contribution in [0.15, 0.2) is 24.3 Å². The summed E-state index contributed by atoms with van der Waals surface area (Å²) in [6.07, 6.45) is 0. The summed E-state index contributed by atoms with van der Waals surface area (Å²) in [4.78, 5) is 22.6. The quantitative estimate of drug-likeness (QED) is 0.631. The second kappa shape index (κ2) is 5.41. The molecule has 0 aromatic heterocycles. The van der Waals surface area contributed by atoms with E-state index in [1.807, 2.05) is 0 Å². The van der Waals surface area contributed by atoms with Crippen molar-refractivity contribution in [3.8, 4) is 0 Å². The van der Waals surface area contributed by atoms with Gasteiger partial charge in [-0.3, -0.25) is 9.59 Å². The number of ketones is 2. The van der Waals surface area contributed by atoms with Crippen molar-refractivity contribution in [2.24, 2.45) is 0 Å². The van der Waals surface area contributed by atoms with E-state index in [0.29, 0.717) is 11.1 Å². The molecule has 1 rings (SSSR count). The summed E-state index contributed by atoms with van der Waals surface area (Å²) >= 11 is 6.17. The summed E-state index contributed by atoms with van der Waals surface area (Å²) in [5, 5.41) is 0.553. The van der Waals surface area contributed by atoms with E-state index in [0.717, 1.165) is 0 Å². The molecule has 0 aliphatic heterocycles. The zero-order chi connectivity index (χ0) is 10.6. The first-order chi connectivity index (χ1) is 6.69. The minimum atomic E-state index is -0.0192. The number of carbonyl (C=O) groups excluding carboxylic acids is 2. The van der Waals surface area contributed by atoms with E-state index >= 15 is 0 Å². The molecule has 1 aromatic rings. The minimum Gasteiger partial charge on any atom is -0.293 e. The van der Waals surface area contributed by atoms with Crippen LogP contribution < -0.4 is 0 Å². The van der Waals surface area contributed by atoms with Crippen LogP contribution in [-0.4, -0.2) is 22.2 Å². The summed E-state index contributed by atoms with van der Waals surface area (Å²) in [5.41, 5.74) is 1.13. The largest absolute Gasteiger partial charge is 0.293 e. The highest BCUT2D eigenvalue weighted by Crippen LogP contribution is 2.09. The van der Waals surface area contributed by atoms with Gasteiger partial charge in [-0.15, -0.1) is 0 Å². The highest BCUT2D eigenvalue weighted by molar-refractivity contribution is 9.09. The number of halogens is 2. The highest BCUT2D eigenvalue weighted by Gasteiger charge is 2.08. The van der Waals surface area contributed by atoms with Crippen LogP contribution in [0.25, 0.3) is 0 Å². The maximum atomic E-state index is 11.3. The van der Waals surface area contributed by atoms with Crippen molar-refractivity contribution in [1.29, 1.82) is 0 Å². The SMILES string of the molecule is O=C(CBr)c1cccc(C(=O)CBr)c1. The van der Waals surface area contributed by atoms with E-state index in [-0.39, 0.29) is 22.2 Å². The van der Waals surface area contributed by atoms with Gasteiger partial charge in [-0.2, -0.15) is 0 Å². The average Bonchev–Trinajstić information content (AvgIpc) is 2.27. The van der Waals surface area contributed by atoms with Gasteiger partial charge < -0.3 is 0 Å². The molecule has 14 heavy (non-hydrogen) atoms. The Hall–Kier alpha value is -0.480. The Labute approximate surface area is 98.9 Å². The Kier molecular flexibility index (Phi) is 4.48. The summed E-state index contributed by atoms with van der Waals surface area (Å²) < 4.78 is 0. The van der Waals surface area contributed by atoms with Gasteiger partial charge in [-0.25, -0.2) is 0 Å². The lowest BCUT2D eigenvalue weighted by Gasteiger charge is -2.00. The number of hydrogen-bond acceptors (Lipinski definition) is 2. The summed E-state index contributed by atoms with van der Waals surface area (Å²) in [5.74, 6) is -0.0385. The third kappa shape index (κ3) is 2.75. The molecule has 0 spiro atoms. The normalized spacial score (nSPS) is 9.86. The first-order valence-corrected chi connectivity index (χ1v) is 6.21. The van der Waals surface area contributed by atoms with Crippen molar-refractivity contribution in [1.82, 2.24) is 0 Å². The highest BCUT2D eigenvalue weighted by atomic mass is 79.9. The van der Waals surface area contributed by atoms with Gasteiger partial charge in [0.2, 0.25) is 0 Å². The number of Topliss-reactive ketones (excluding diaryl/α,β-unsaturated/α-hetero) is 2. The van der Waals surface area contributed by atoms with Crippen molar-refractivity contribution in [3.63, 3.8) is 0 Å². The van der Waals surface area contributed by atoms with Crippen molar-refractivity contribution in [2.45, 2.75) is 0 Å². The molecule has 0 saturated heterocycles. The summed E-state index contributed by atoms with van der Waals surface area (Å²) in [7, 11) is 0. The minimum absolute atomic E-state index is 0.0192. The molecule has 0 aliphatic rings. The van der Waals surface area contributed by atoms with Crippen LogP contribution in [0.2, 0.25) is 0 Å². The average molecular weight is 320 g/mol. The zero-order valence-electron chi connectivity index (χ0n) is 7.30. The Balaban J connectivity index is 3.01. The third-order valence-electron chi connectivity index (χ3n) is 1.75. The molecule has 0 unspecified atom stereocenters. The van der Waals surface area contributed by atoms with Crippen LogP contribution in [0.5, 0.6) is 0 Å². The molecule has 0 saturated carbocycles. The van der Waals surface area contributed by atoms with E-state index < -0.39 is 0 Å². The van der Waals surface area contributed by atoms with Gasteiger partial charge in [0.25, 0.3) is 0 Å². The standard InChI is InChI=1S/C10H8Br2O2/c11-5-9(13)7-2-1-3-8(4-7)10(14)6-12/h1-4H,5-6H2. The maximum absolute atomic E-state index is 11.3. The van der Waals surface area contributed by atoms with Crippen molar-refractivity contribution < 1.29 is 9.59 Å². The Morgan fingerprint density at radius 3 is 1.79 bits per heavy atom. The number of hydrogen-bond donors (Lipinski definition) is 0. The Morgan fingerprint density at radius 2 is 1.43 bits per heavy atom. The second-order valence-corrected chi connectivity index (χ2v) is 3.82. The number of alkyl halides is 2. The van der Waals surface area contributed by atoms with E-state index in [9.17, 15) is 9.59 Å². The van der Waals surface area contributed by atoms with Crippen molar-refractivity contribution in [3.05, 3.63) is 35.4 Å². The molecule has 0 atom stereocenters. The van der Waals surface area contributed by atoms with E-state index in [1.54, 1.807) is 24.3 Å². The number of carbonyl (C=O) groups is 2. The first-order valence-electron chi connectivity index (χ1n) is 3.97. The molecule has 0 bridgehead atoms. The van der Waals surface area contributed by atoms with Gasteiger partial charge in [0, 0.05) is 11.1 Å². The van der Waals surface area contributed by atoms with Gasteiger partial charge in [-0.1, -0.05) is 50.1 Å². The van der Waals surface area contributed by atoms with Gasteiger partial charge >= 0.3 is 0 Å². The van der Waals surface area contributed by atoms with Crippen LogP contribution in [0.3, 0.4) is 0 Å². The van der Waals surface area contributed by atoms with Gasteiger partial charge in [0.15, 0.2) is 11.6 Å². The Morgan fingerprint density at radius 1 is 1.00 bits per heavy atom. The van der Waals surface area contributed by atoms with Crippen LogP contribution >= 0.6 is 31.9 Å². The van der Waals surface area contributed by atoms with E-state index in [4.69, 9.17) is 0 Å². The van der Waals surface area contributed by atoms with E-state index in [1.165, 1.54) is 0 Å². The Bertz CT molecular complexity index is 330. The number of rotatable bonds is 4. The number of benzene rings is 1. The van der Waals surface area contributed by atoms with Crippen LogP contribution in [0, 0.1) is 0 Å². The van der Waals surface area contributed by atoms with Gasteiger partial charge in [0.1, 0.15) is 0 Å². The van der Waals surface area contributed by atoms with Gasteiger partial charge in [-0.05, 0) is 6.07 Å². The lowest BCUT2D eigenvalue weighted by atomic mass is 10.1. The molecule has 0 fully saturated rings. The molecule has 1 aromatic carbocycles. The lowest BCUT2D eigenvalue weighted by Crippen LogP contribution is -2.04. The molecule has 0 radical (unpaired) electrons. The zero-order valence-corrected chi connectivity index (χ0v) is 10.5. The predicted octanol–water partition coefficient (Wildman–Crippen LogP) is 2.84.